The lowest BCUT2D eigenvalue weighted by Crippen LogP contribution is -2.19. The lowest BCUT2D eigenvalue weighted by atomic mass is 9.99. The van der Waals surface area contributed by atoms with E-state index in [4.69, 9.17) is 5.73 Å². The van der Waals surface area contributed by atoms with E-state index >= 15 is 0 Å². The van der Waals surface area contributed by atoms with Crippen molar-refractivity contribution in [2.24, 2.45) is 5.73 Å². The van der Waals surface area contributed by atoms with E-state index in [1.807, 2.05) is 48.7 Å². The first-order chi connectivity index (χ1) is 9.74. The van der Waals surface area contributed by atoms with Crippen LogP contribution in [0, 0.1) is 0 Å². The molecule has 98 valence electrons. The van der Waals surface area contributed by atoms with Crippen molar-refractivity contribution >= 4 is 22.5 Å². The molecule has 3 N–H and O–H groups in total. The van der Waals surface area contributed by atoms with E-state index in [-0.39, 0.29) is 0 Å². The van der Waals surface area contributed by atoms with Crippen LogP contribution in [-0.4, -0.2) is 11.0 Å². The fourth-order valence-electron chi connectivity index (χ4n) is 2.25. The number of nitrogens with one attached hydrogen (secondary N) is 1. The fraction of sp³-hybridized carbons (Fsp3) is 0. The van der Waals surface area contributed by atoms with Crippen LogP contribution < -0.4 is 11.1 Å². The van der Waals surface area contributed by atoms with E-state index in [0.29, 0.717) is 5.69 Å². The van der Waals surface area contributed by atoms with Gasteiger partial charge in [-0.1, -0.05) is 30.3 Å². The summed E-state index contributed by atoms with van der Waals surface area (Å²) in [5.74, 6) is 0. The monoisotopic (exact) mass is 263 g/mol. The minimum atomic E-state index is -0.561. The van der Waals surface area contributed by atoms with Crippen molar-refractivity contribution in [3.8, 4) is 11.1 Å². The third-order valence-corrected chi connectivity index (χ3v) is 3.14. The van der Waals surface area contributed by atoms with E-state index in [9.17, 15) is 4.79 Å². The van der Waals surface area contributed by atoms with Gasteiger partial charge in [-0.15, -0.1) is 0 Å². The molecule has 3 rings (SSSR count). The molecule has 2 amide bonds. The van der Waals surface area contributed by atoms with Crippen LogP contribution in [0.15, 0.2) is 60.9 Å². The van der Waals surface area contributed by atoms with Gasteiger partial charge in [0.1, 0.15) is 0 Å². The Kier molecular flexibility index (Phi) is 3.05. The highest BCUT2D eigenvalue weighted by molar-refractivity contribution is 5.96. The standard InChI is InChI=1S/C16H13N3O/c17-16(20)19-13-6-4-11(5-7-13)14-3-1-2-12-10-18-9-8-15(12)14/h1-10H,(H3,17,19,20). The Balaban J connectivity index is 2.05. The van der Waals surface area contributed by atoms with Crippen molar-refractivity contribution in [3.05, 3.63) is 60.9 Å². The number of primary amides is 1. The number of hydrogen-bond acceptors (Lipinski definition) is 2. The largest absolute Gasteiger partial charge is 0.351 e. The van der Waals surface area contributed by atoms with Gasteiger partial charge in [-0.05, 0) is 34.7 Å². The fourth-order valence-corrected chi connectivity index (χ4v) is 2.25. The predicted octanol–water partition coefficient (Wildman–Crippen LogP) is 3.39. The van der Waals surface area contributed by atoms with Crippen LogP contribution in [0.2, 0.25) is 0 Å². The van der Waals surface area contributed by atoms with Crippen LogP contribution in [0.1, 0.15) is 0 Å². The molecular formula is C16H13N3O. The van der Waals surface area contributed by atoms with Crippen molar-refractivity contribution < 1.29 is 4.79 Å². The van der Waals surface area contributed by atoms with Gasteiger partial charge in [-0.3, -0.25) is 4.98 Å². The van der Waals surface area contributed by atoms with Gasteiger partial charge in [0, 0.05) is 23.5 Å². The first-order valence-electron chi connectivity index (χ1n) is 6.24. The molecule has 0 saturated carbocycles. The highest BCUT2D eigenvalue weighted by Gasteiger charge is 2.04. The van der Waals surface area contributed by atoms with E-state index in [1.165, 1.54) is 0 Å². The number of carbonyl (C=O) groups is 1. The minimum absolute atomic E-state index is 0.561. The molecule has 4 heteroatoms. The highest BCUT2D eigenvalue weighted by Crippen LogP contribution is 2.28. The topological polar surface area (TPSA) is 68.0 Å². The number of hydrogen-bond donors (Lipinski definition) is 2. The van der Waals surface area contributed by atoms with Gasteiger partial charge in [-0.25, -0.2) is 4.79 Å². The molecule has 0 bridgehead atoms. The van der Waals surface area contributed by atoms with Crippen molar-refractivity contribution in [2.75, 3.05) is 5.32 Å². The van der Waals surface area contributed by atoms with Gasteiger partial charge in [-0.2, -0.15) is 0 Å². The number of nitrogens with two attached hydrogens (primary N) is 1. The lowest BCUT2D eigenvalue weighted by molar-refractivity contribution is 0.259. The van der Waals surface area contributed by atoms with Crippen molar-refractivity contribution in [3.63, 3.8) is 0 Å². The molecule has 1 aromatic heterocycles. The first kappa shape index (κ1) is 12.2. The molecule has 0 aliphatic carbocycles. The molecule has 0 aliphatic heterocycles. The molecule has 20 heavy (non-hydrogen) atoms. The number of carbonyl (C=O) groups excluding carboxylic acids is 1. The lowest BCUT2D eigenvalue weighted by Gasteiger charge is -2.08. The molecule has 0 fully saturated rings. The Labute approximate surface area is 116 Å². The van der Waals surface area contributed by atoms with Gasteiger partial charge >= 0.3 is 6.03 Å². The smallest absolute Gasteiger partial charge is 0.316 e. The third-order valence-electron chi connectivity index (χ3n) is 3.14. The summed E-state index contributed by atoms with van der Waals surface area (Å²) >= 11 is 0. The van der Waals surface area contributed by atoms with Crippen LogP contribution in [0.4, 0.5) is 10.5 Å². The number of rotatable bonds is 2. The van der Waals surface area contributed by atoms with Gasteiger partial charge in [0.25, 0.3) is 0 Å². The summed E-state index contributed by atoms with van der Waals surface area (Å²) in [5, 5.41) is 4.80. The number of urea groups is 1. The van der Waals surface area contributed by atoms with Gasteiger partial charge in [0.05, 0.1) is 0 Å². The second-order valence-corrected chi connectivity index (χ2v) is 4.47. The molecule has 0 radical (unpaired) electrons. The van der Waals surface area contributed by atoms with Gasteiger partial charge in [0.2, 0.25) is 0 Å². The van der Waals surface area contributed by atoms with E-state index in [1.54, 1.807) is 6.20 Å². The van der Waals surface area contributed by atoms with Crippen LogP contribution in [0.25, 0.3) is 21.9 Å². The Hall–Kier alpha value is -2.88. The van der Waals surface area contributed by atoms with Crippen LogP contribution in [-0.2, 0) is 0 Å². The summed E-state index contributed by atoms with van der Waals surface area (Å²) in [6.07, 6.45) is 3.64. The zero-order valence-corrected chi connectivity index (χ0v) is 10.7. The second-order valence-electron chi connectivity index (χ2n) is 4.47. The molecule has 4 nitrogen and oxygen atoms in total. The number of nitrogens with zero attached hydrogens (tertiary/aromatic N) is 1. The van der Waals surface area contributed by atoms with E-state index < -0.39 is 6.03 Å². The molecule has 2 aromatic carbocycles. The summed E-state index contributed by atoms with van der Waals surface area (Å²) in [6, 6.07) is 15.1. The maximum absolute atomic E-state index is 10.8. The number of benzene rings is 2. The molecule has 3 aromatic rings. The number of fused-ring (bicyclic) bond motifs is 1. The van der Waals surface area contributed by atoms with Crippen LogP contribution in [0.5, 0.6) is 0 Å². The average molecular weight is 263 g/mol. The Bertz CT molecular complexity index is 761. The summed E-state index contributed by atoms with van der Waals surface area (Å²) in [7, 11) is 0. The maximum atomic E-state index is 10.8. The zero-order chi connectivity index (χ0) is 13.9. The molecule has 1 heterocycles. The van der Waals surface area contributed by atoms with Crippen LogP contribution >= 0.6 is 0 Å². The minimum Gasteiger partial charge on any atom is -0.351 e. The molecule has 0 saturated heterocycles. The number of pyridine rings is 1. The van der Waals surface area contributed by atoms with E-state index in [0.717, 1.165) is 21.9 Å². The summed E-state index contributed by atoms with van der Waals surface area (Å²) < 4.78 is 0. The summed E-state index contributed by atoms with van der Waals surface area (Å²) in [4.78, 5) is 14.9. The number of aromatic nitrogens is 1. The number of amides is 2. The Morgan fingerprint density at radius 1 is 1.05 bits per heavy atom. The maximum Gasteiger partial charge on any atom is 0.316 e. The van der Waals surface area contributed by atoms with Crippen LogP contribution in [0.3, 0.4) is 0 Å². The SMILES string of the molecule is NC(=O)Nc1ccc(-c2cccc3cnccc23)cc1. The van der Waals surface area contributed by atoms with Crippen molar-refractivity contribution in [1.29, 1.82) is 0 Å². The zero-order valence-electron chi connectivity index (χ0n) is 10.7. The van der Waals surface area contributed by atoms with Crippen molar-refractivity contribution in [2.45, 2.75) is 0 Å². The first-order valence-corrected chi connectivity index (χ1v) is 6.24. The molecule has 0 atom stereocenters. The van der Waals surface area contributed by atoms with Crippen molar-refractivity contribution in [1.82, 2.24) is 4.98 Å². The van der Waals surface area contributed by atoms with Gasteiger partial charge < -0.3 is 11.1 Å². The Morgan fingerprint density at radius 3 is 2.60 bits per heavy atom. The number of anilines is 1. The quantitative estimate of drug-likeness (QED) is 0.744. The summed E-state index contributed by atoms with van der Waals surface area (Å²) in [5.41, 5.74) is 7.99. The normalized spacial score (nSPS) is 10.4. The highest BCUT2D eigenvalue weighted by atomic mass is 16.2. The molecule has 0 spiro atoms. The predicted molar refractivity (Wildman–Crippen MR) is 80.4 cm³/mol. The second kappa shape index (κ2) is 5.01. The Morgan fingerprint density at radius 2 is 1.85 bits per heavy atom. The average Bonchev–Trinajstić information content (AvgIpc) is 2.47. The molecule has 0 unspecified atom stereocenters. The molecule has 0 aliphatic rings. The van der Waals surface area contributed by atoms with E-state index in [2.05, 4.69) is 16.4 Å². The molecular weight excluding hydrogens is 250 g/mol. The third kappa shape index (κ3) is 2.31. The van der Waals surface area contributed by atoms with Gasteiger partial charge in [0.15, 0.2) is 0 Å². The summed E-state index contributed by atoms with van der Waals surface area (Å²) in [6.45, 7) is 0.